The lowest BCUT2D eigenvalue weighted by molar-refractivity contribution is -0.0868. The van der Waals surface area contributed by atoms with Crippen LogP contribution in [-0.2, 0) is 5.51 Å². The quantitative estimate of drug-likeness (QED) is 0.582. The summed E-state index contributed by atoms with van der Waals surface area (Å²) in [5, 5.41) is 0.764. The number of thiophene rings is 1. The lowest BCUT2D eigenvalue weighted by Crippen LogP contribution is -2.00. The summed E-state index contributed by atoms with van der Waals surface area (Å²) in [6.45, 7) is 0. The first-order valence-electron chi connectivity index (χ1n) is 6.19. The van der Waals surface area contributed by atoms with E-state index in [-0.39, 0.29) is 5.92 Å². The van der Waals surface area contributed by atoms with Crippen molar-refractivity contribution in [3.63, 3.8) is 0 Å². The number of alkyl halides is 3. The number of hydrogen-bond acceptors (Lipinski definition) is 0. The van der Waals surface area contributed by atoms with Crippen molar-refractivity contribution in [1.82, 2.24) is 0 Å². The second-order valence-corrected chi connectivity index (χ2v) is 6.80. The monoisotopic (exact) mass is 271 g/mol. The summed E-state index contributed by atoms with van der Waals surface area (Å²) in [4.78, 5) is 0.626. The van der Waals surface area contributed by atoms with Crippen molar-refractivity contribution in [2.24, 2.45) is 0 Å². The van der Waals surface area contributed by atoms with Crippen molar-refractivity contribution < 1.29 is 13.2 Å². The van der Waals surface area contributed by atoms with Crippen LogP contribution in [0.15, 0.2) is 30.3 Å². The van der Waals surface area contributed by atoms with Crippen LogP contribution in [0.5, 0.6) is 0 Å². The summed E-state index contributed by atoms with van der Waals surface area (Å²) < 4.78 is 40.4. The van der Waals surface area contributed by atoms with Crippen molar-refractivity contribution in [3.8, 4) is 0 Å². The summed E-state index contributed by atoms with van der Waals surface area (Å²) in [7, 11) is -1.69. The van der Waals surface area contributed by atoms with Crippen LogP contribution >= 0.6 is 10.5 Å². The van der Waals surface area contributed by atoms with Crippen LogP contribution in [0.25, 0.3) is 10.1 Å². The van der Waals surface area contributed by atoms with Crippen LogP contribution in [0.4, 0.5) is 13.2 Å². The molecule has 4 heteroatoms. The number of benzene rings is 1. The van der Waals surface area contributed by atoms with Gasteiger partial charge in [0.25, 0.3) is 0 Å². The van der Waals surface area contributed by atoms with Gasteiger partial charge in [-0.05, 0) is 25.0 Å². The third-order valence-corrected chi connectivity index (χ3v) is 5.86. The summed E-state index contributed by atoms with van der Waals surface area (Å²) in [6, 6.07) is 8.73. The fraction of sp³-hybridized carbons (Fsp3) is 0.429. The van der Waals surface area contributed by atoms with Crippen molar-refractivity contribution in [3.05, 3.63) is 35.2 Å². The van der Waals surface area contributed by atoms with Crippen LogP contribution in [-0.4, -0.2) is 0 Å². The molecule has 1 fully saturated rings. The topological polar surface area (TPSA) is 0 Å². The van der Waals surface area contributed by atoms with E-state index in [1.165, 1.54) is 0 Å². The third kappa shape index (κ3) is 1.92. The molecule has 1 saturated carbocycles. The molecular formula is C14H14F3S+. The van der Waals surface area contributed by atoms with E-state index in [0.717, 1.165) is 31.1 Å². The van der Waals surface area contributed by atoms with Crippen LogP contribution in [0, 0.1) is 0 Å². The predicted octanol–water partition coefficient (Wildman–Crippen LogP) is 5.72. The summed E-state index contributed by atoms with van der Waals surface area (Å²) in [5.74, 6) is 0.141. The molecule has 1 aliphatic carbocycles. The van der Waals surface area contributed by atoms with Crippen LogP contribution in [0.2, 0.25) is 0 Å². The molecule has 1 aromatic carbocycles. The highest BCUT2D eigenvalue weighted by atomic mass is 32.2. The summed E-state index contributed by atoms with van der Waals surface area (Å²) in [6.07, 6.45) is 3.96. The Morgan fingerprint density at radius 3 is 2.39 bits per heavy atom. The highest BCUT2D eigenvalue weighted by molar-refractivity contribution is 7.38. The van der Waals surface area contributed by atoms with E-state index in [1.807, 2.05) is 6.07 Å². The molecule has 0 spiro atoms. The van der Waals surface area contributed by atoms with Gasteiger partial charge in [0, 0.05) is 17.4 Å². The van der Waals surface area contributed by atoms with Gasteiger partial charge >= 0.3 is 5.51 Å². The SMILES string of the molecule is FC(F)(F)[s+]1c(C2CCCC2)cc2ccccc21. The fourth-order valence-corrected chi connectivity index (χ4v) is 5.04. The molecule has 0 nitrogen and oxygen atoms in total. The van der Waals surface area contributed by atoms with Gasteiger partial charge in [-0.15, -0.1) is 13.2 Å². The zero-order valence-corrected chi connectivity index (χ0v) is 10.7. The standard InChI is InChI=1S/C14H14F3S/c15-14(16,17)18-12-8-4-3-7-11(12)9-13(18)10-5-1-2-6-10/h3-4,7-10H,1-2,5-6H2/q+1. The largest absolute Gasteiger partial charge is 0.600 e. The fourth-order valence-electron chi connectivity index (χ4n) is 2.88. The number of hydrogen-bond donors (Lipinski definition) is 0. The van der Waals surface area contributed by atoms with Crippen molar-refractivity contribution >= 4 is 20.6 Å². The minimum Gasteiger partial charge on any atom is -0.118 e. The normalized spacial score (nSPS) is 18.7. The van der Waals surface area contributed by atoms with Crippen LogP contribution < -0.4 is 0 Å². The maximum atomic E-state index is 13.3. The molecule has 1 unspecified atom stereocenters. The highest BCUT2D eigenvalue weighted by Gasteiger charge is 2.49. The molecule has 18 heavy (non-hydrogen) atoms. The van der Waals surface area contributed by atoms with Gasteiger partial charge < -0.3 is 0 Å². The molecular weight excluding hydrogens is 257 g/mol. The number of halogens is 3. The van der Waals surface area contributed by atoms with Gasteiger partial charge in [-0.2, -0.15) is 0 Å². The maximum absolute atomic E-state index is 13.3. The highest BCUT2D eigenvalue weighted by Crippen LogP contribution is 2.55. The van der Waals surface area contributed by atoms with Gasteiger partial charge in [0.05, 0.1) is 10.5 Å². The van der Waals surface area contributed by atoms with Gasteiger partial charge in [0.1, 0.15) is 0 Å². The zero-order valence-electron chi connectivity index (χ0n) is 9.83. The lowest BCUT2D eigenvalue weighted by Gasteiger charge is -2.05. The minimum absolute atomic E-state index is 0.141. The minimum atomic E-state index is -4.14. The molecule has 1 atom stereocenters. The Labute approximate surface area is 106 Å². The second-order valence-electron chi connectivity index (χ2n) is 4.82. The molecule has 0 radical (unpaired) electrons. The Morgan fingerprint density at radius 2 is 1.72 bits per heavy atom. The smallest absolute Gasteiger partial charge is 0.118 e. The van der Waals surface area contributed by atoms with Crippen molar-refractivity contribution in [1.29, 1.82) is 0 Å². The molecule has 0 amide bonds. The first-order valence-corrected chi connectivity index (χ1v) is 7.41. The van der Waals surface area contributed by atoms with E-state index in [9.17, 15) is 13.2 Å². The summed E-state index contributed by atoms with van der Waals surface area (Å²) >= 11 is 0. The van der Waals surface area contributed by atoms with Crippen LogP contribution in [0.3, 0.4) is 0 Å². The van der Waals surface area contributed by atoms with E-state index in [4.69, 9.17) is 0 Å². The molecule has 2 aromatic rings. The van der Waals surface area contributed by atoms with Gasteiger partial charge in [0.15, 0.2) is 9.58 Å². The average molecular weight is 271 g/mol. The molecule has 96 valence electrons. The van der Waals surface area contributed by atoms with E-state index in [0.29, 0.717) is 9.58 Å². The van der Waals surface area contributed by atoms with Crippen molar-refractivity contribution in [2.75, 3.05) is 0 Å². The molecule has 1 aromatic heterocycles. The Bertz CT molecular complexity index is 562. The van der Waals surface area contributed by atoms with E-state index in [1.54, 1.807) is 24.3 Å². The lowest BCUT2D eigenvalue weighted by atomic mass is 10.1. The predicted molar refractivity (Wildman–Crippen MR) is 68.9 cm³/mol. The first kappa shape index (κ1) is 12.0. The second kappa shape index (κ2) is 4.26. The molecule has 0 bridgehead atoms. The van der Waals surface area contributed by atoms with Gasteiger partial charge in [-0.25, -0.2) is 0 Å². The van der Waals surface area contributed by atoms with Gasteiger partial charge in [-0.1, -0.05) is 25.0 Å². The average Bonchev–Trinajstić information content (AvgIpc) is 2.94. The van der Waals surface area contributed by atoms with Crippen LogP contribution in [0.1, 0.15) is 36.5 Å². The third-order valence-electron chi connectivity index (χ3n) is 3.66. The number of rotatable bonds is 1. The van der Waals surface area contributed by atoms with Gasteiger partial charge in [-0.3, -0.25) is 0 Å². The molecule has 1 heterocycles. The van der Waals surface area contributed by atoms with E-state index in [2.05, 4.69) is 0 Å². The molecule has 0 saturated heterocycles. The molecule has 3 rings (SSSR count). The Morgan fingerprint density at radius 1 is 1.06 bits per heavy atom. The Hall–Kier alpha value is -1.03. The van der Waals surface area contributed by atoms with Crippen molar-refractivity contribution in [2.45, 2.75) is 37.1 Å². The zero-order chi connectivity index (χ0) is 12.8. The maximum Gasteiger partial charge on any atom is 0.600 e. The Balaban J connectivity index is 2.23. The summed E-state index contributed by atoms with van der Waals surface area (Å²) in [5.41, 5.74) is -4.14. The number of fused-ring (bicyclic) bond motifs is 1. The Kier molecular flexibility index (Phi) is 2.85. The molecule has 0 N–H and O–H groups in total. The van der Waals surface area contributed by atoms with E-state index >= 15 is 0 Å². The molecule has 1 aliphatic rings. The van der Waals surface area contributed by atoms with Gasteiger partial charge in [0.2, 0.25) is 0 Å². The van der Waals surface area contributed by atoms with E-state index < -0.39 is 16.0 Å². The molecule has 0 aliphatic heterocycles. The first-order chi connectivity index (χ1) is 8.57.